The van der Waals surface area contributed by atoms with Crippen molar-refractivity contribution >= 4 is 13.7 Å². The van der Waals surface area contributed by atoms with E-state index in [4.69, 9.17) is 13.8 Å². The van der Waals surface area contributed by atoms with Gasteiger partial charge in [-0.1, -0.05) is 30.3 Å². The largest absolute Gasteiger partial charge is 0.445 e. The van der Waals surface area contributed by atoms with E-state index in [9.17, 15) is 9.36 Å². The van der Waals surface area contributed by atoms with E-state index in [0.29, 0.717) is 0 Å². The first-order chi connectivity index (χ1) is 9.01. The first-order valence-corrected chi connectivity index (χ1v) is 7.31. The van der Waals surface area contributed by atoms with Crippen LogP contribution in [-0.4, -0.2) is 26.1 Å². The molecule has 1 aromatic carbocycles. The number of carbonyl (C=O) groups excluding carboxylic acids is 1. The van der Waals surface area contributed by atoms with E-state index in [-0.39, 0.29) is 6.61 Å². The Balaban J connectivity index is 2.45. The topological polar surface area (TPSA) is 73.9 Å². The molecule has 0 fully saturated rings. The highest BCUT2D eigenvalue weighted by molar-refractivity contribution is 7.54. The van der Waals surface area contributed by atoms with Gasteiger partial charge in [-0.3, -0.25) is 4.57 Å². The lowest BCUT2D eigenvalue weighted by molar-refractivity contribution is 0.137. The van der Waals surface area contributed by atoms with E-state index in [1.807, 2.05) is 30.3 Å². The lowest BCUT2D eigenvalue weighted by atomic mass is 10.2. The quantitative estimate of drug-likeness (QED) is 0.814. The normalized spacial score (nSPS) is 12.8. The molecule has 0 radical (unpaired) electrons. The molecule has 7 heteroatoms. The molecule has 0 bridgehead atoms. The number of amides is 1. The Morgan fingerprint density at radius 2 is 1.84 bits per heavy atom. The van der Waals surface area contributed by atoms with Crippen LogP contribution in [0.1, 0.15) is 12.5 Å². The van der Waals surface area contributed by atoms with Crippen LogP contribution in [0.2, 0.25) is 0 Å². The standard InChI is InChI=1S/C12H18NO5P/c1-10(19(15,16-2)17-3)13-12(14)18-9-11-7-5-4-6-8-11/h4-8,10H,9H2,1-3H3,(H,13,14)/t10-/m0/s1. The summed E-state index contributed by atoms with van der Waals surface area (Å²) < 4.78 is 26.5. The van der Waals surface area contributed by atoms with Crippen LogP contribution in [0.25, 0.3) is 0 Å². The molecular formula is C12H18NO5P. The van der Waals surface area contributed by atoms with Gasteiger partial charge in [-0.2, -0.15) is 0 Å². The molecule has 1 amide bonds. The zero-order valence-corrected chi connectivity index (χ0v) is 12.1. The lowest BCUT2D eigenvalue weighted by Gasteiger charge is -2.21. The third-order valence-corrected chi connectivity index (χ3v) is 4.62. The Morgan fingerprint density at radius 1 is 1.26 bits per heavy atom. The van der Waals surface area contributed by atoms with E-state index >= 15 is 0 Å². The molecule has 1 N–H and O–H groups in total. The Morgan fingerprint density at radius 3 is 2.37 bits per heavy atom. The first-order valence-electron chi connectivity index (χ1n) is 5.70. The first kappa shape index (κ1) is 15.7. The number of hydrogen-bond acceptors (Lipinski definition) is 5. The van der Waals surface area contributed by atoms with Crippen molar-refractivity contribution in [3.8, 4) is 0 Å². The number of hydrogen-bond donors (Lipinski definition) is 1. The third kappa shape index (κ3) is 4.67. The van der Waals surface area contributed by atoms with Gasteiger partial charge in [-0.05, 0) is 12.5 Å². The Bertz CT molecular complexity index is 443. The molecule has 0 saturated heterocycles. The molecule has 0 heterocycles. The highest BCUT2D eigenvalue weighted by Gasteiger charge is 2.31. The number of benzene rings is 1. The highest BCUT2D eigenvalue weighted by Crippen LogP contribution is 2.50. The van der Waals surface area contributed by atoms with E-state index in [1.165, 1.54) is 21.1 Å². The smallest absolute Gasteiger partial charge is 0.408 e. The summed E-state index contributed by atoms with van der Waals surface area (Å²) in [5, 5.41) is 2.42. The molecule has 0 aromatic heterocycles. The molecule has 106 valence electrons. The van der Waals surface area contributed by atoms with Crippen LogP contribution in [0, 0.1) is 0 Å². The summed E-state index contributed by atoms with van der Waals surface area (Å²) in [6, 6.07) is 9.25. The fourth-order valence-corrected chi connectivity index (χ4v) is 2.45. The van der Waals surface area contributed by atoms with E-state index in [2.05, 4.69) is 5.32 Å². The number of rotatable bonds is 6. The lowest BCUT2D eigenvalue weighted by Crippen LogP contribution is -2.33. The number of ether oxygens (including phenoxy) is 1. The van der Waals surface area contributed by atoms with Crippen molar-refractivity contribution in [2.75, 3.05) is 14.2 Å². The molecule has 1 atom stereocenters. The van der Waals surface area contributed by atoms with Gasteiger partial charge in [0.2, 0.25) is 0 Å². The van der Waals surface area contributed by atoms with E-state index in [0.717, 1.165) is 5.56 Å². The average molecular weight is 287 g/mol. The van der Waals surface area contributed by atoms with Gasteiger partial charge >= 0.3 is 13.7 Å². The molecule has 0 saturated carbocycles. The molecule has 19 heavy (non-hydrogen) atoms. The van der Waals surface area contributed by atoms with Gasteiger partial charge in [0.05, 0.1) is 0 Å². The summed E-state index contributed by atoms with van der Waals surface area (Å²) in [5.41, 5.74) is 0.868. The summed E-state index contributed by atoms with van der Waals surface area (Å²) in [5.74, 6) is -0.786. The fourth-order valence-electron chi connectivity index (χ4n) is 1.41. The van der Waals surface area contributed by atoms with Crippen molar-refractivity contribution in [2.24, 2.45) is 0 Å². The Kier molecular flexibility index (Phi) is 6.02. The van der Waals surface area contributed by atoms with Gasteiger partial charge in [0.25, 0.3) is 0 Å². The molecule has 0 unspecified atom stereocenters. The minimum absolute atomic E-state index is 0.143. The second-order valence-electron chi connectivity index (χ2n) is 3.79. The van der Waals surface area contributed by atoms with Crippen molar-refractivity contribution in [3.63, 3.8) is 0 Å². The molecule has 0 spiro atoms. The van der Waals surface area contributed by atoms with E-state index < -0.39 is 19.5 Å². The monoisotopic (exact) mass is 287 g/mol. The molecule has 0 aliphatic rings. The predicted octanol–water partition coefficient (Wildman–Crippen LogP) is 2.74. The van der Waals surface area contributed by atoms with Crippen molar-refractivity contribution in [1.82, 2.24) is 5.32 Å². The van der Waals surface area contributed by atoms with Crippen molar-refractivity contribution in [3.05, 3.63) is 35.9 Å². The van der Waals surface area contributed by atoms with Crippen LogP contribution in [0.15, 0.2) is 30.3 Å². The second-order valence-corrected chi connectivity index (χ2v) is 6.37. The van der Waals surface area contributed by atoms with Crippen LogP contribution in [-0.2, 0) is 25.0 Å². The van der Waals surface area contributed by atoms with Gasteiger partial charge in [0, 0.05) is 14.2 Å². The van der Waals surface area contributed by atoms with Crippen molar-refractivity contribution in [1.29, 1.82) is 0 Å². The summed E-state index contributed by atoms with van der Waals surface area (Å²) in [6.45, 7) is 1.67. The van der Waals surface area contributed by atoms with Crippen molar-refractivity contribution in [2.45, 2.75) is 19.3 Å². The van der Waals surface area contributed by atoms with Gasteiger partial charge < -0.3 is 19.1 Å². The molecule has 0 aliphatic carbocycles. The maximum atomic E-state index is 11.9. The number of carbonyl (C=O) groups is 1. The summed E-state index contributed by atoms with van der Waals surface area (Å²) in [6.07, 6.45) is -0.675. The Labute approximate surface area is 112 Å². The number of alkyl carbamates (subject to hydrolysis) is 1. The van der Waals surface area contributed by atoms with Crippen LogP contribution in [0.3, 0.4) is 0 Å². The maximum Gasteiger partial charge on any atom is 0.408 e. The SMILES string of the molecule is COP(=O)(OC)[C@@H](C)NC(=O)OCc1ccccc1. The summed E-state index contributed by atoms with van der Waals surface area (Å²) in [4.78, 5) is 11.5. The molecule has 1 rings (SSSR count). The molecular weight excluding hydrogens is 269 g/mol. The number of nitrogens with one attached hydrogen (secondary N) is 1. The predicted molar refractivity (Wildman–Crippen MR) is 70.8 cm³/mol. The average Bonchev–Trinajstić information content (AvgIpc) is 2.45. The summed E-state index contributed by atoms with van der Waals surface area (Å²) in [7, 11) is -0.810. The minimum Gasteiger partial charge on any atom is -0.445 e. The molecule has 6 nitrogen and oxygen atoms in total. The van der Waals surface area contributed by atoms with Gasteiger partial charge in [0.1, 0.15) is 12.4 Å². The van der Waals surface area contributed by atoms with Gasteiger partial charge in [-0.15, -0.1) is 0 Å². The Hall–Kier alpha value is -1.36. The van der Waals surface area contributed by atoms with Crippen LogP contribution in [0.5, 0.6) is 0 Å². The fraction of sp³-hybridized carbons (Fsp3) is 0.417. The highest BCUT2D eigenvalue weighted by atomic mass is 31.2. The zero-order chi connectivity index (χ0) is 14.3. The molecule has 1 aromatic rings. The van der Waals surface area contributed by atoms with Crippen LogP contribution < -0.4 is 5.32 Å². The molecule has 0 aliphatic heterocycles. The van der Waals surface area contributed by atoms with Gasteiger partial charge in [0.15, 0.2) is 0 Å². The second kappa shape index (κ2) is 7.28. The third-order valence-electron chi connectivity index (χ3n) is 2.52. The minimum atomic E-state index is -3.33. The van der Waals surface area contributed by atoms with Crippen molar-refractivity contribution < 1.29 is 23.1 Å². The summed E-state index contributed by atoms with van der Waals surface area (Å²) >= 11 is 0. The van der Waals surface area contributed by atoms with Crippen LogP contribution >= 0.6 is 7.60 Å². The van der Waals surface area contributed by atoms with Crippen LogP contribution in [0.4, 0.5) is 4.79 Å². The van der Waals surface area contributed by atoms with E-state index in [1.54, 1.807) is 0 Å². The zero-order valence-electron chi connectivity index (χ0n) is 11.2. The maximum absolute atomic E-state index is 11.9. The van der Waals surface area contributed by atoms with Gasteiger partial charge in [-0.25, -0.2) is 4.79 Å².